The van der Waals surface area contributed by atoms with Crippen LogP contribution in [0.25, 0.3) is 5.69 Å². The Labute approximate surface area is 99.6 Å². The van der Waals surface area contributed by atoms with Gasteiger partial charge in [0.05, 0.1) is 16.2 Å². The zero-order valence-corrected chi connectivity index (χ0v) is 10.0. The van der Waals surface area contributed by atoms with E-state index in [1.807, 2.05) is 0 Å². The first-order chi connectivity index (χ1) is 7.59. The van der Waals surface area contributed by atoms with Crippen molar-refractivity contribution < 1.29 is 4.39 Å². The van der Waals surface area contributed by atoms with E-state index < -0.39 is 0 Å². The molecule has 16 heavy (non-hydrogen) atoms. The van der Waals surface area contributed by atoms with E-state index in [1.54, 1.807) is 19.1 Å². The lowest BCUT2D eigenvalue weighted by Crippen LogP contribution is -2.13. The molecule has 7 heteroatoms. The second-order valence-corrected chi connectivity index (χ2v) is 4.19. The van der Waals surface area contributed by atoms with Crippen LogP contribution in [0.5, 0.6) is 0 Å². The van der Waals surface area contributed by atoms with E-state index in [4.69, 9.17) is 5.73 Å². The van der Waals surface area contributed by atoms with E-state index in [1.165, 1.54) is 10.7 Å². The Balaban J connectivity index is 2.50. The Morgan fingerprint density at radius 1 is 1.50 bits per heavy atom. The number of tetrazole rings is 1. The Morgan fingerprint density at radius 3 is 2.88 bits per heavy atom. The van der Waals surface area contributed by atoms with E-state index in [-0.39, 0.29) is 11.9 Å². The number of benzene rings is 1. The highest BCUT2D eigenvalue weighted by Crippen LogP contribution is 2.20. The molecule has 0 bridgehead atoms. The molecule has 0 fully saturated rings. The minimum Gasteiger partial charge on any atom is -0.321 e. The zero-order chi connectivity index (χ0) is 11.7. The van der Waals surface area contributed by atoms with Gasteiger partial charge in [0.25, 0.3) is 0 Å². The first-order valence-electron chi connectivity index (χ1n) is 4.59. The van der Waals surface area contributed by atoms with Gasteiger partial charge in [-0.1, -0.05) is 0 Å². The smallest absolute Gasteiger partial charge is 0.173 e. The van der Waals surface area contributed by atoms with Crippen LogP contribution in [0.1, 0.15) is 18.8 Å². The molecule has 0 saturated carbocycles. The molecule has 0 spiro atoms. The van der Waals surface area contributed by atoms with Crippen LogP contribution in [0.3, 0.4) is 0 Å². The molecule has 2 rings (SSSR count). The van der Waals surface area contributed by atoms with Crippen molar-refractivity contribution in [3.05, 3.63) is 34.3 Å². The number of rotatable bonds is 2. The molecule has 0 amide bonds. The fourth-order valence-corrected chi connectivity index (χ4v) is 1.65. The molecule has 0 aliphatic carbocycles. The van der Waals surface area contributed by atoms with Crippen molar-refractivity contribution >= 4 is 15.9 Å². The summed E-state index contributed by atoms with van der Waals surface area (Å²) in [6, 6.07) is 4.23. The molecule has 0 aliphatic rings. The van der Waals surface area contributed by atoms with Crippen LogP contribution in [0.2, 0.25) is 0 Å². The summed E-state index contributed by atoms with van der Waals surface area (Å²) in [6.07, 6.45) is 0. The van der Waals surface area contributed by atoms with Crippen LogP contribution in [-0.4, -0.2) is 20.2 Å². The lowest BCUT2D eigenvalue weighted by molar-refractivity contribution is 0.618. The van der Waals surface area contributed by atoms with Crippen LogP contribution in [0.4, 0.5) is 4.39 Å². The van der Waals surface area contributed by atoms with Crippen molar-refractivity contribution in [1.82, 2.24) is 20.2 Å². The highest BCUT2D eigenvalue weighted by atomic mass is 79.9. The van der Waals surface area contributed by atoms with Crippen LogP contribution < -0.4 is 5.73 Å². The van der Waals surface area contributed by atoms with Crippen molar-refractivity contribution in [2.45, 2.75) is 13.0 Å². The maximum atomic E-state index is 13.1. The number of halogens is 2. The van der Waals surface area contributed by atoms with Crippen molar-refractivity contribution in [1.29, 1.82) is 0 Å². The topological polar surface area (TPSA) is 69.6 Å². The third-order valence-corrected chi connectivity index (χ3v) is 2.66. The zero-order valence-electron chi connectivity index (χ0n) is 8.43. The van der Waals surface area contributed by atoms with Gasteiger partial charge in [0, 0.05) is 0 Å². The Kier molecular flexibility index (Phi) is 2.97. The number of nitrogens with two attached hydrogens (primary N) is 1. The van der Waals surface area contributed by atoms with Gasteiger partial charge < -0.3 is 5.73 Å². The van der Waals surface area contributed by atoms with Gasteiger partial charge in [0.2, 0.25) is 0 Å². The lowest BCUT2D eigenvalue weighted by Gasteiger charge is -2.07. The fraction of sp³-hybridized carbons (Fsp3) is 0.222. The van der Waals surface area contributed by atoms with Gasteiger partial charge in [-0.25, -0.2) is 4.39 Å². The van der Waals surface area contributed by atoms with Crippen molar-refractivity contribution in [2.24, 2.45) is 5.73 Å². The number of nitrogens with zero attached hydrogens (tertiary/aromatic N) is 4. The van der Waals surface area contributed by atoms with Gasteiger partial charge in [0.1, 0.15) is 5.82 Å². The van der Waals surface area contributed by atoms with Crippen molar-refractivity contribution in [2.75, 3.05) is 0 Å². The normalized spacial score (nSPS) is 12.8. The molecule has 0 saturated heterocycles. The van der Waals surface area contributed by atoms with Crippen LogP contribution in [-0.2, 0) is 0 Å². The second kappa shape index (κ2) is 4.26. The summed E-state index contributed by atoms with van der Waals surface area (Å²) < 4.78 is 14.9. The van der Waals surface area contributed by atoms with Gasteiger partial charge in [-0.2, -0.15) is 4.68 Å². The maximum Gasteiger partial charge on any atom is 0.173 e. The van der Waals surface area contributed by atoms with Crippen LogP contribution in [0, 0.1) is 5.82 Å². The minimum absolute atomic E-state index is 0.293. The summed E-state index contributed by atoms with van der Waals surface area (Å²) in [6.45, 7) is 1.78. The van der Waals surface area contributed by atoms with Gasteiger partial charge in [0.15, 0.2) is 5.82 Å². The summed E-state index contributed by atoms with van der Waals surface area (Å²) in [5.74, 6) is 0.192. The molecule has 1 heterocycles. The largest absolute Gasteiger partial charge is 0.321 e. The molecule has 0 radical (unpaired) electrons. The number of hydrogen-bond acceptors (Lipinski definition) is 4. The molecule has 1 unspecified atom stereocenters. The molecular formula is C9H9BrFN5. The van der Waals surface area contributed by atoms with Crippen LogP contribution >= 0.6 is 15.9 Å². The highest BCUT2D eigenvalue weighted by Gasteiger charge is 2.12. The van der Waals surface area contributed by atoms with Crippen LogP contribution in [0.15, 0.2) is 22.7 Å². The van der Waals surface area contributed by atoms with E-state index in [2.05, 4.69) is 31.5 Å². The van der Waals surface area contributed by atoms with E-state index in [0.717, 1.165) is 0 Å². The standard InChI is InChI=1S/C9H9BrFN5/c1-5(12)9-13-14-15-16(9)6-2-3-8(11)7(10)4-6/h2-5H,12H2,1H3. The fourth-order valence-electron chi connectivity index (χ4n) is 1.28. The molecule has 5 nitrogen and oxygen atoms in total. The minimum atomic E-state index is -0.334. The lowest BCUT2D eigenvalue weighted by atomic mass is 10.3. The predicted octanol–water partition coefficient (Wildman–Crippen LogP) is 1.58. The SMILES string of the molecule is CC(N)c1nnnn1-c1ccc(F)c(Br)c1. The summed E-state index contributed by atoms with van der Waals surface area (Å²) in [5, 5.41) is 11.2. The Bertz CT molecular complexity index is 510. The van der Waals surface area contributed by atoms with Crippen molar-refractivity contribution in [3.63, 3.8) is 0 Å². The summed E-state index contributed by atoms with van der Waals surface area (Å²) in [7, 11) is 0. The maximum absolute atomic E-state index is 13.1. The highest BCUT2D eigenvalue weighted by molar-refractivity contribution is 9.10. The van der Waals surface area contributed by atoms with Gasteiger partial charge in [-0.3, -0.25) is 0 Å². The molecule has 0 aliphatic heterocycles. The molecule has 1 aromatic carbocycles. The van der Waals surface area contributed by atoms with Gasteiger partial charge in [-0.05, 0) is 51.5 Å². The van der Waals surface area contributed by atoms with Crippen molar-refractivity contribution in [3.8, 4) is 5.69 Å². The number of hydrogen-bond donors (Lipinski definition) is 1. The van der Waals surface area contributed by atoms with Gasteiger partial charge >= 0.3 is 0 Å². The summed E-state index contributed by atoms with van der Waals surface area (Å²) >= 11 is 3.11. The summed E-state index contributed by atoms with van der Waals surface area (Å²) in [4.78, 5) is 0. The van der Waals surface area contributed by atoms with E-state index in [9.17, 15) is 4.39 Å². The Morgan fingerprint density at radius 2 is 2.25 bits per heavy atom. The van der Waals surface area contributed by atoms with Gasteiger partial charge in [-0.15, -0.1) is 5.10 Å². The molecule has 2 N–H and O–H groups in total. The molecule has 84 valence electrons. The predicted molar refractivity (Wildman–Crippen MR) is 59.4 cm³/mol. The number of aromatic nitrogens is 4. The summed E-state index contributed by atoms with van der Waals surface area (Å²) in [5.41, 5.74) is 6.37. The average Bonchev–Trinajstić information content (AvgIpc) is 2.71. The quantitative estimate of drug-likeness (QED) is 0.910. The third kappa shape index (κ3) is 1.96. The molecule has 1 aromatic heterocycles. The molecule has 1 atom stereocenters. The Hall–Kier alpha value is -1.34. The monoisotopic (exact) mass is 285 g/mol. The third-order valence-electron chi connectivity index (χ3n) is 2.05. The van der Waals surface area contributed by atoms with E-state index >= 15 is 0 Å². The van der Waals surface area contributed by atoms with E-state index in [0.29, 0.717) is 16.0 Å². The first kappa shape index (κ1) is 11.2. The molecule has 2 aromatic rings. The average molecular weight is 286 g/mol. The molecular weight excluding hydrogens is 277 g/mol. The first-order valence-corrected chi connectivity index (χ1v) is 5.38. The second-order valence-electron chi connectivity index (χ2n) is 3.34.